The van der Waals surface area contributed by atoms with Gasteiger partial charge in [0.15, 0.2) is 0 Å². The number of carbonyl (C=O) groups excluding carboxylic acids is 3. The molecule has 0 saturated carbocycles. The molecule has 4 rings (SSSR count). The zero-order valence-corrected chi connectivity index (χ0v) is 14.7. The number of nitro groups is 1. The number of nitro benzene ring substituents is 1. The third kappa shape index (κ3) is 2.77. The van der Waals surface area contributed by atoms with Crippen LogP contribution in [0.5, 0.6) is 0 Å². The van der Waals surface area contributed by atoms with Gasteiger partial charge in [0.25, 0.3) is 11.6 Å². The highest BCUT2D eigenvalue weighted by Gasteiger charge is 2.55. The third-order valence-electron chi connectivity index (χ3n) is 5.09. The number of non-ortho nitro benzene ring substituents is 1. The Kier molecular flexibility index (Phi) is 4.07. The predicted octanol–water partition coefficient (Wildman–Crippen LogP) is 1.93. The number of amides is 4. The number of carbonyl (C=O) groups is 3. The molecule has 0 aromatic heterocycles. The summed E-state index contributed by atoms with van der Waals surface area (Å²) in [4.78, 5) is 48.7. The summed E-state index contributed by atoms with van der Waals surface area (Å²) in [5.41, 5.74) is 0.902. The lowest BCUT2D eigenvalue weighted by Gasteiger charge is -2.22. The SMILES string of the molecule is O=C(CN1C(=O)NC2(CCc3ccccc32)C1=O)Nc1ccc([N+](=O)[O-])cc1. The first-order chi connectivity index (χ1) is 13.4. The molecule has 1 heterocycles. The van der Waals surface area contributed by atoms with E-state index < -0.39 is 34.9 Å². The number of benzene rings is 2. The van der Waals surface area contributed by atoms with Gasteiger partial charge in [-0.3, -0.25) is 24.6 Å². The van der Waals surface area contributed by atoms with Gasteiger partial charge in [-0.05, 0) is 36.1 Å². The molecular weight excluding hydrogens is 364 g/mol. The molecule has 1 aliphatic carbocycles. The van der Waals surface area contributed by atoms with Crippen molar-refractivity contribution < 1.29 is 19.3 Å². The molecule has 28 heavy (non-hydrogen) atoms. The zero-order valence-electron chi connectivity index (χ0n) is 14.7. The van der Waals surface area contributed by atoms with Crippen LogP contribution in [-0.4, -0.2) is 34.2 Å². The number of hydrogen-bond donors (Lipinski definition) is 2. The van der Waals surface area contributed by atoms with Crippen molar-refractivity contribution in [2.75, 3.05) is 11.9 Å². The Morgan fingerprint density at radius 3 is 2.61 bits per heavy atom. The molecule has 9 heteroatoms. The quantitative estimate of drug-likeness (QED) is 0.477. The van der Waals surface area contributed by atoms with Crippen LogP contribution in [0.25, 0.3) is 0 Å². The molecule has 9 nitrogen and oxygen atoms in total. The second kappa shape index (κ2) is 6.45. The summed E-state index contributed by atoms with van der Waals surface area (Å²) >= 11 is 0. The number of nitrogens with one attached hydrogen (secondary N) is 2. The van der Waals surface area contributed by atoms with Crippen molar-refractivity contribution >= 4 is 29.2 Å². The lowest BCUT2D eigenvalue weighted by atomic mass is 9.92. The summed E-state index contributed by atoms with van der Waals surface area (Å²) in [6.07, 6.45) is 1.13. The number of imide groups is 1. The number of anilines is 1. The number of nitrogens with zero attached hydrogens (tertiary/aromatic N) is 2. The summed E-state index contributed by atoms with van der Waals surface area (Å²) in [5, 5.41) is 16.0. The van der Waals surface area contributed by atoms with Gasteiger partial charge >= 0.3 is 6.03 Å². The van der Waals surface area contributed by atoms with Crippen LogP contribution in [-0.2, 0) is 21.5 Å². The Hall–Kier alpha value is -3.75. The molecule has 0 radical (unpaired) electrons. The van der Waals surface area contributed by atoms with E-state index in [0.29, 0.717) is 18.5 Å². The fourth-order valence-corrected chi connectivity index (χ4v) is 3.74. The average Bonchev–Trinajstić information content (AvgIpc) is 3.16. The highest BCUT2D eigenvalue weighted by molar-refractivity contribution is 6.10. The Bertz CT molecular complexity index is 1000. The Morgan fingerprint density at radius 1 is 1.18 bits per heavy atom. The van der Waals surface area contributed by atoms with Gasteiger partial charge < -0.3 is 10.6 Å². The molecule has 142 valence electrons. The van der Waals surface area contributed by atoms with E-state index in [2.05, 4.69) is 10.6 Å². The molecule has 2 aliphatic rings. The van der Waals surface area contributed by atoms with Gasteiger partial charge in [0.2, 0.25) is 5.91 Å². The Balaban J connectivity index is 1.48. The van der Waals surface area contributed by atoms with E-state index in [0.717, 1.165) is 16.0 Å². The van der Waals surface area contributed by atoms with Crippen molar-refractivity contribution in [3.8, 4) is 0 Å². The topological polar surface area (TPSA) is 122 Å². The largest absolute Gasteiger partial charge is 0.325 e. The van der Waals surface area contributed by atoms with Gasteiger partial charge in [-0.25, -0.2) is 4.79 Å². The second-order valence-corrected chi connectivity index (χ2v) is 6.74. The first kappa shape index (κ1) is 17.7. The van der Waals surface area contributed by atoms with Gasteiger partial charge in [-0.1, -0.05) is 24.3 Å². The normalized spacial score (nSPS) is 20.2. The minimum atomic E-state index is -1.11. The van der Waals surface area contributed by atoms with Crippen LogP contribution in [0.2, 0.25) is 0 Å². The van der Waals surface area contributed by atoms with E-state index in [1.54, 1.807) is 0 Å². The monoisotopic (exact) mass is 380 g/mol. The van der Waals surface area contributed by atoms with Crippen LogP contribution in [0.15, 0.2) is 48.5 Å². The summed E-state index contributed by atoms with van der Waals surface area (Å²) in [7, 11) is 0. The number of rotatable bonds is 4. The highest BCUT2D eigenvalue weighted by Crippen LogP contribution is 2.41. The first-order valence-electron chi connectivity index (χ1n) is 8.67. The van der Waals surface area contributed by atoms with Crippen molar-refractivity contribution in [2.24, 2.45) is 0 Å². The molecule has 1 fully saturated rings. The van der Waals surface area contributed by atoms with E-state index in [1.807, 2.05) is 24.3 Å². The summed E-state index contributed by atoms with van der Waals surface area (Å²) in [6.45, 7) is -0.439. The predicted molar refractivity (Wildman–Crippen MR) is 98.4 cm³/mol. The lowest BCUT2D eigenvalue weighted by molar-refractivity contribution is -0.384. The van der Waals surface area contributed by atoms with E-state index in [-0.39, 0.29) is 5.69 Å². The van der Waals surface area contributed by atoms with Crippen molar-refractivity contribution in [1.82, 2.24) is 10.2 Å². The summed E-state index contributed by atoms with van der Waals surface area (Å²) in [5.74, 6) is -1.01. The van der Waals surface area contributed by atoms with Crippen LogP contribution in [0, 0.1) is 10.1 Å². The van der Waals surface area contributed by atoms with Crippen LogP contribution in [0.1, 0.15) is 17.5 Å². The van der Waals surface area contributed by atoms with Crippen molar-refractivity contribution in [3.63, 3.8) is 0 Å². The summed E-state index contributed by atoms with van der Waals surface area (Å²) in [6, 6.07) is 12.1. The van der Waals surface area contributed by atoms with Crippen molar-refractivity contribution in [2.45, 2.75) is 18.4 Å². The van der Waals surface area contributed by atoms with E-state index >= 15 is 0 Å². The lowest BCUT2D eigenvalue weighted by Crippen LogP contribution is -2.42. The van der Waals surface area contributed by atoms with Crippen molar-refractivity contribution in [1.29, 1.82) is 0 Å². The molecule has 2 aromatic carbocycles. The maximum atomic E-state index is 13.0. The molecular formula is C19H16N4O5. The maximum Gasteiger partial charge on any atom is 0.325 e. The molecule has 1 spiro atoms. The number of urea groups is 1. The standard InChI is InChI=1S/C19H16N4O5/c24-16(20-13-5-7-14(8-6-13)23(27)28)11-22-17(25)19(21-18(22)26)10-9-12-3-1-2-4-15(12)19/h1-8H,9-11H2,(H,20,24)(H,21,26). The maximum absolute atomic E-state index is 13.0. The highest BCUT2D eigenvalue weighted by atomic mass is 16.6. The Morgan fingerprint density at radius 2 is 1.89 bits per heavy atom. The number of fused-ring (bicyclic) bond motifs is 2. The first-order valence-corrected chi connectivity index (χ1v) is 8.67. The zero-order chi connectivity index (χ0) is 19.9. The fraction of sp³-hybridized carbons (Fsp3) is 0.211. The van der Waals surface area contributed by atoms with Crippen LogP contribution in [0.4, 0.5) is 16.2 Å². The molecule has 1 aliphatic heterocycles. The van der Waals surface area contributed by atoms with Crippen molar-refractivity contribution in [3.05, 3.63) is 69.8 Å². The average molecular weight is 380 g/mol. The summed E-state index contributed by atoms with van der Waals surface area (Å²) < 4.78 is 0. The third-order valence-corrected chi connectivity index (χ3v) is 5.09. The molecule has 1 atom stereocenters. The minimum Gasteiger partial charge on any atom is -0.325 e. The molecule has 1 saturated heterocycles. The molecule has 2 N–H and O–H groups in total. The van der Waals surface area contributed by atoms with Gasteiger partial charge in [0.1, 0.15) is 12.1 Å². The van der Waals surface area contributed by atoms with Gasteiger partial charge in [0.05, 0.1) is 4.92 Å². The van der Waals surface area contributed by atoms with E-state index in [1.165, 1.54) is 24.3 Å². The molecule has 1 unspecified atom stereocenters. The van der Waals surface area contributed by atoms with Crippen LogP contribution >= 0.6 is 0 Å². The molecule has 2 aromatic rings. The second-order valence-electron chi connectivity index (χ2n) is 6.74. The van der Waals surface area contributed by atoms with Crippen LogP contribution in [0.3, 0.4) is 0 Å². The van der Waals surface area contributed by atoms with Gasteiger partial charge in [-0.2, -0.15) is 0 Å². The van der Waals surface area contributed by atoms with E-state index in [9.17, 15) is 24.5 Å². The van der Waals surface area contributed by atoms with Gasteiger partial charge in [0, 0.05) is 17.8 Å². The fourth-order valence-electron chi connectivity index (χ4n) is 3.74. The Labute approximate surface area is 159 Å². The number of hydrogen-bond acceptors (Lipinski definition) is 5. The van der Waals surface area contributed by atoms with Gasteiger partial charge in [-0.15, -0.1) is 0 Å². The molecule has 0 bridgehead atoms. The molecule has 4 amide bonds. The van der Waals surface area contributed by atoms with E-state index in [4.69, 9.17) is 0 Å². The smallest absolute Gasteiger partial charge is 0.325 e. The van der Waals surface area contributed by atoms with Crippen LogP contribution < -0.4 is 10.6 Å². The minimum absolute atomic E-state index is 0.103. The number of aryl methyl sites for hydroxylation is 1.